The second-order valence-electron chi connectivity index (χ2n) is 11.6. The number of pyridine rings is 1. The third-order valence-electron chi connectivity index (χ3n) is 8.69. The van der Waals surface area contributed by atoms with E-state index in [1.165, 1.54) is 33.4 Å². The SMILES string of the molecule is CSc1nn(-c2[c-]c(Oc3[c-]c4c(cc3)c3ccccc3n4-c3cc(C)ccn3)ccc2)c(SC)c1-c1c(C)cc(C)c(C)c1C.[Pd+2]. The van der Waals surface area contributed by atoms with Gasteiger partial charge in [-0.25, -0.2) is 4.98 Å². The molecule has 3 heterocycles. The average molecular weight is 745 g/mol. The van der Waals surface area contributed by atoms with Crippen LogP contribution in [0.5, 0.6) is 11.5 Å². The van der Waals surface area contributed by atoms with Crippen LogP contribution in [0.2, 0.25) is 0 Å². The summed E-state index contributed by atoms with van der Waals surface area (Å²) < 4.78 is 10.6. The van der Waals surface area contributed by atoms with Gasteiger partial charge in [-0.1, -0.05) is 29.8 Å². The van der Waals surface area contributed by atoms with Crippen LogP contribution in [-0.4, -0.2) is 31.8 Å². The maximum atomic E-state index is 6.45. The van der Waals surface area contributed by atoms with Gasteiger partial charge in [-0.05, 0) is 110 Å². The molecule has 47 heavy (non-hydrogen) atoms. The number of rotatable bonds is 7. The van der Waals surface area contributed by atoms with E-state index in [0.717, 1.165) is 48.9 Å². The molecule has 0 amide bonds. The van der Waals surface area contributed by atoms with Crippen LogP contribution in [0.3, 0.4) is 0 Å². The van der Waals surface area contributed by atoms with Crippen LogP contribution in [0, 0.1) is 46.8 Å². The molecule has 5 nitrogen and oxygen atoms in total. The van der Waals surface area contributed by atoms with Gasteiger partial charge in [-0.15, -0.1) is 59.2 Å². The fourth-order valence-electron chi connectivity index (χ4n) is 6.31. The Morgan fingerprint density at radius 3 is 2.28 bits per heavy atom. The molecule has 0 aliphatic rings. The Balaban J connectivity index is 0.00000386. The minimum absolute atomic E-state index is 0. The Morgan fingerprint density at radius 2 is 1.51 bits per heavy atom. The predicted molar refractivity (Wildman–Crippen MR) is 193 cm³/mol. The number of hydrogen-bond acceptors (Lipinski definition) is 5. The van der Waals surface area contributed by atoms with E-state index in [4.69, 9.17) is 14.8 Å². The summed E-state index contributed by atoms with van der Waals surface area (Å²) in [5, 5.41) is 9.42. The first-order chi connectivity index (χ1) is 22.3. The smallest absolute Gasteiger partial charge is 0.509 e. The summed E-state index contributed by atoms with van der Waals surface area (Å²) in [5.74, 6) is 2.05. The van der Waals surface area contributed by atoms with Gasteiger partial charge < -0.3 is 9.30 Å². The summed E-state index contributed by atoms with van der Waals surface area (Å²) in [4.78, 5) is 4.70. The first-order valence-corrected chi connectivity index (χ1v) is 17.6. The van der Waals surface area contributed by atoms with Crippen LogP contribution >= 0.6 is 23.5 Å². The molecule has 0 aliphatic heterocycles. The second kappa shape index (κ2) is 13.4. The molecule has 0 spiro atoms. The molecule has 238 valence electrons. The number of hydrogen-bond donors (Lipinski definition) is 0. The molecule has 0 unspecified atom stereocenters. The molecule has 7 rings (SSSR count). The van der Waals surface area contributed by atoms with Crippen LogP contribution in [0.1, 0.15) is 27.8 Å². The molecule has 7 aromatic rings. The summed E-state index contributed by atoms with van der Waals surface area (Å²) in [5.41, 5.74) is 11.6. The molecule has 3 aromatic heterocycles. The maximum absolute atomic E-state index is 6.45. The first-order valence-electron chi connectivity index (χ1n) is 15.2. The second-order valence-corrected chi connectivity index (χ2v) is 13.2. The van der Waals surface area contributed by atoms with Gasteiger partial charge in [-0.3, -0.25) is 4.68 Å². The molecule has 0 saturated carbocycles. The van der Waals surface area contributed by atoms with E-state index in [1.807, 2.05) is 41.2 Å². The Bertz CT molecular complexity index is 2290. The summed E-state index contributed by atoms with van der Waals surface area (Å²) in [6.45, 7) is 10.9. The zero-order chi connectivity index (χ0) is 32.1. The maximum Gasteiger partial charge on any atom is 2.00 e. The number of fused-ring (bicyclic) bond motifs is 3. The molecule has 8 heteroatoms. The van der Waals surface area contributed by atoms with Gasteiger partial charge in [0.05, 0.1) is 0 Å². The topological polar surface area (TPSA) is 44.9 Å². The van der Waals surface area contributed by atoms with Gasteiger partial charge in [0.15, 0.2) is 0 Å². The number of para-hydroxylation sites is 1. The Hall–Kier alpha value is -3.80. The molecule has 0 saturated heterocycles. The predicted octanol–water partition coefficient (Wildman–Crippen LogP) is 10.4. The number of thioether (sulfide) groups is 2. The molecular weight excluding hydrogens is 711 g/mol. The van der Waals surface area contributed by atoms with Crippen LogP contribution < -0.4 is 4.74 Å². The normalized spacial score (nSPS) is 11.3. The van der Waals surface area contributed by atoms with Crippen molar-refractivity contribution in [1.82, 2.24) is 19.3 Å². The minimum atomic E-state index is 0. The van der Waals surface area contributed by atoms with E-state index in [9.17, 15) is 0 Å². The van der Waals surface area contributed by atoms with Crippen LogP contribution in [-0.2, 0) is 20.4 Å². The zero-order valence-corrected chi connectivity index (χ0v) is 30.5. The molecule has 0 bridgehead atoms. The van der Waals surface area contributed by atoms with Crippen molar-refractivity contribution in [3.63, 3.8) is 0 Å². The monoisotopic (exact) mass is 744 g/mol. The zero-order valence-electron chi connectivity index (χ0n) is 27.3. The van der Waals surface area contributed by atoms with Gasteiger partial charge in [0.25, 0.3) is 0 Å². The third-order valence-corrected chi connectivity index (χ3v) is 10.1. The Labute approximate surface area is 298 Å². The molecule has 0 aliphatic carbocycles. The summed E-state index contributed by atoms with van der Waals surface area (Å²) in [6, 6.07) is 31.8. The molecule has 0 radical (unpaired) electrons. The van der Waals surface area contributed by atoms with Gasteiger partial charge in [0, 0.05) is 28.8 Å². The largest absolute Gasteiger partial charge is 2.00 e. The van der Waals surface area contributed by atoms with Crippen LogP contribution in [0.15, 0.2) is 89.0 Å². The standard InChI is InChI=1S/C39H34N4OS2.Pd/c1-23-17-18-40-35(19-23)42-33-14-9-8-13-31(33)32-16-15-30(22-34(32)42)44-29-12-10-11-28(21-29)43-39(46-7)37(38(41-43)45-6)36-25(3)20-24(2)26(4)27(36)5;/h8-20H,1-7H3;/q-2;+2. The van der Waals surface area contributed by atoms with E-state index in [2.05, 4.69) is 106 Å². The quantitative estimate of drug-likeness (QED) is 0.0924. The van der Waals surface area contributed by atoms with Gasteiger partial charge >= 0.3 is 20.4 Å². The van der Waals surface area contributed by atoms with Crippen molar-refractivity contribution in [2.24, 2.45) is 0 Å². The molecule has 0 fully saturated rings. The van der Waals surface area contributed by atoms with Crippen LogP contribution in [0.4, 0.5) is 0 Å². The van der Waals surface area contributed by atoms with Gasteiger partial charge in [0.2, 0.25) is 0 Å². The number of aryl methyl sites for hydroxylation is 3. The van der Waals surface area contributed by atoms with Crippen molar-refractivity contribution >= 4 is 45.3 Å². The molecule has 4 aromatic carbocycles. The average Bonchev–Trinajstić information content (AvgIpc) is 3.59. The summed E-state index contributed by atoms with van der Waals surface area (Å²) in [6.07, 6.45) is 6.05. The van der Waals surface area contributed by atoms with E-state index in [0.29, 0.717) is 11.5 Å². The Morgan fingerprint density at radius 1 is 0.723 bits per heavy atom. The van der Waals surface area contributed by atoms with Gasteiger partial charge in [0.1, 0.15) is 15.9 Å². The van der Waals surface area contributed by atoms with Gasteiger partial charge in [-0.2, -0.15) is 17.2 Å². The van der Waals surface area contributed by atoms with Crippen molar-refractivity contribution in [2.75, 3.05) is 12.5 Å². The molecular formula is C39H34N4OPdS2. The van der Waals surface area contributed by atoms with Crippen LogP contribution in [0.25, 0.3) is 44.4 Å². The fourth-order valence-corrected chi connectivity index (χ4v) is 7.66. The van der Waals surface area contributed by atoms with Crippen molar-refractivity contribution in [1.29, 1.82) is 0 Å². The Kier molecular flexibility index (Phi) is 9.42. The number of nitrogens with zero attached hydrogens (tertiary/aromatic N) is 4. The molecule has 0 N–H and O–H groups in total. The fraction of sp³-hybridized carbons (Fsp3) is 0.179. The minimum Gasteiger partial charge on any atom is -0.509 e. The van der Waals surface area contributed by atoms with Crippen molar-refractivity contribution in [2.45, 2.75) is 44.7 Å². The van der Waals surface area contributed by atoms with E-state index in [-0.39, 0.29) is 20.4 Å². The third kappa shape index (κ3) is 5.83. The summed E-state index contributed by atoms with van der Waals surface area (Å²) >= 11 is 3.37. The van der Waals surface area contributed by atoms with Crippen molar-refractivity contribution < 1.29 is 25.2 Å². The number of ether oxygens (including phenoxy) is 1. The number of aromatic nitrogens is 4. The van der Waals surface area contributed by atoms with Crippen molar-refractivity contribution in [3.8, 4) is 34.1 Å². The summed E-state index contributed by atoms with van der Waals surface area (Å²) in [7, 11) is 0. The van der Waals surface area contributed by atoms with E-state index in [1.54, 1.807) is 23.5 Å². The number of benzene rings is 4. The van der Waals surface area contributed by atoms with Crippen molar-refractivity contribution in [3.05, 3.63) is 119 Å². The van der Waals surface area contributed by atoms with E-state index < -0.39 is 0 Å². The van der Waals surface area contributed by atoms with E-state index >= 15 is 0 Å². The first kappa shape index (κ1) is 33.1. The molecule has 0 atom stereocenters.